The van der Waals surface area contributed by atoms with E-state index >= 15 is 0 Å². The van der Waals surface area contributed by atoms with Crippen LogP contribution in [0.15, 0.2) is 17.2 Å². The van der Waals surface area contributed by atoms with Gasteiger partial charge in [0, 0.05) is 19.7 Å². The van der Waals surface area contributed by atoms with Crippen LogP contribution in [-0.4, -0.2) is 64.7 Å². The summed E-state index contributed by atoms with van der Waals surface area (Å²) in [7, 11) is -4.13. The highest BCUT2D eigenvalue weighted by atomic mass is 32.2. The molecule has 0 saturated carbocycles. The van der Waals surface area contributed by atoms with E-state index in [9.17, 15) is 22.0 Å². The van der Waals surface area contributed by atoms with Gasteiger partial charge in [-0.05, 0) is 19.4 Å². The van der Waals surface area contributed by atoms with Gasteiger partial charge in [0.05, 0.1) is 24.1 Å². The monoisotopic (exact) mass is 471 g/mol. The normalized spacial score (nSPS) is 18.0. The molecule has 0 radical (unpaired) electrons. The minimum Gasteiger partial charge on any atom is -0.368 e. The first-order valence-corrected chi connectivity index (χ1v) is 11.6. The van der Waals surface area contributed by atoms with Crippen LogP contribution in [0.2, 0.25) is 0 Å². The Morgan fingerprint density at radius 2 is 2.03 bits per heavy atom. The van der Waals surface area contributed by atoms with E-state index in [-0.39, 0.29) is 33.6 Å². The van der Waals surface area contributed by atoms with Crippen LogP contribution in [0.5, 0.6) is 0 Å². The molecule has 3 heterocycles. The topological polar surface area (TPSA) is 143 Å². The zero-order valence-electron chi connectivity index (χ0n) is 18.2. The summed E-state index contributed by atoms with van der Waals surface area (Å²) in [6.07, 6.45) is 3.64. The van der Waals surface area contributed by atoms with Crippen LogP contribution in [0.25, 0.3) is 11.0 Å². The Morgan fingerprint density at radius 3 is 2.62 bits per heavy atom. The number of nitrogens with one attached hydrogen (secondary N) is 2. The summed E-state index contributed by atoms with van der Waals surface area (Å²) in [5.41, 5.74) is 5.69. The molecule has 1 amide bonds. The summed E-state index contributed by atoms with van der Waals surface area (Å²) in [6, 6.07) is 1.24. The van der Waals surface area contributed by atoms with Gasteiger partial charge in [0.1, 0.15) is 10.4 Å². The molecule has 1 saturated heterocycles. The average Bonchev–Trinajstić information content (AvgIpc) is 2.68. The number of aromatic nitrogens is 3. The smallest absolute Gasteiger partial charge is 0.275 e. The summed E-state index contributed by atoms with van der Waals surface area (Å²) in [5, 5.41) is 6.07. The number of unbranched alkanes of at least 4 members (excludes halogenated alkanes) is 1. The fraction of sp³-hybridized carbons (Fsp3) is 0.579. The maximum atomic E-state index is 13.2. The standard InChI is InChI=1S/C19H27F2N7O3S/c1-4-5-6-18(3,9-24-12(2)29)27-16-15-14(25-17(22)26-16)7-13(8-23-15)32(30,31)28-10-19(20,21)11-28/h7-8H,4-6,9-11H2,1-3H3,(H,24,29)(H3,22,25,26,27)/t18-/m1/s1. The number of hydrogen-bond donors (Lipinski definition) is 3. The average molecular weight is 472 g/mol. The molecule has 2 aromatic rings. The lowest BCUT2D eigenvalue weighted by atomic mass is 9.94. The maximum Gasteiger partial charge on any atom is 0.275 e. The van der Waals surface area contributed by atoms with Crippen molar-refractivity contribution in [2.45, 2.75) is 56.4 Å². The van der Waals surface area contributed by atoms with Crippen molar-refractivity contribution in [3.63, 3.8) is 0 Å². The van der Waals surface area contributed by atoms with Crippen LogP contribution in [0.4, 0.5) is 20.5 Å². The Balaban J connectivity index is 1.95. The molecule has 1 atom stereocenters. The van der Waals surface area contributed by atoms with E-state index in [0.717, 1.165) is 19.0 Å². The molecule has 2 aromatic heterocycles. The molecule has 32 heavy (non-hydrogen) atoms. The van der Waals surface area contributed by atoms with Gasteiger partial charge in [0.25, 0.3) is 5.92 Å². The number of nitrogen functional groups attached to an aromatic ring is 1. The van der Waals surface area contributed by atoms with E-state index in [4.69, 9.17) is 5.73 Å². The van der Waals surface area contributed by atoms with Gasteiger partial charge < -0.3 is 16.4 Å². The van der Waals surface area contributed by atoms with Gasteiger partial charge in [0.15, 0.2) is 5.82 Å². The van der Waals surface area contributed by atoms with Crippen molar-refractivity contribution < 1.29 is 22.0 Å². The second-order valence-corrected chi connectivity index (χ2v) is 10.2. The Hall–Kier alpha value is -2.67. The van der Waals surface area contributed by atoms with Gasteiger partial charge in [-0.15, -0.1) is 0 Å². The van der Waals surface area contributed by atoms with Crippen molar-refractivity contribution in [2.24, 2.45) is 0 Å². The third-order valence-electron chi connectivity index (χ3n) is 5.21. The zero-order chi connectivity index (χ0) is 23.7. The number of nitrogens with zero attached hydrogens (tertiary/aromatic N) is 4. The van der Waals surface area contributed by atoms with Gasteiger partial charge in [-0.1, -0.05) is 19.8 Å². The molecule has 4 N–H and O–H groups in total. The molecule has 10 nitrogen and oxygen atoms in total. The van der Waals surface area contributed by atoms with Crippen LogP contribution in [0.1, 0.15) is 40.0 Å². The second-order valence-electron chi connectivity index (χ2n) is 8.30. The third-order valence-corrected chi connectivity index (χ3v) is 6.97. The minimum atomic E-state index is -4.13. The van der Waals surface area contributed by atoms with Gasteiger partial charge in [-0.2, -0.15) is 9.29 Å². The zero-order valence-corrected chi connectivity index (χ0v) is 19.0. The van der Waals surface area contributed by atoms with Crippen LogP contribution < -0.4 is 16.4 Å². The lowest BCUT2D eigenvalue weighted by Crippen LogP contribution is -2.58. The molecule has 13 heteroatoms. The molecule has 1 aliphatic rings. The molecule has 0 aliphatic carbocycles. The molecule has 3 rings (SSSR count). The molecule has 0 aromatic carbocycles. The summed E-state index contributed by atoms with van der Waals surface area (Å²) < 4.78 is 52.3. The van der Waals surface area contributed by atoms with E-state index in [0.29, 0.717) is 17.3 Å². The Kier molecular flexibility index (Phi) is 6.52. The van der Waals surface area contributed by atoms with Crippen molar-refractivity contribution >= 4 is 38.7 Å². The number of pyridine rings is 1. The van der Waals surface area contributed by atoms with Crippen molar-refractivity contribution in [3.05, 3.63) is 12.3 Å². The van der Waals surface area contributed by atoms with E-state index in [1.165, 1.54) is 13.0 Å². The van der Waals surface area contributed by atoms with Gasteiger partial charge in [-0.3, -0.25) is 4.79 Å². The maximum absolute atomic E-state index is 13.2. The summed E-state index contributed by atoms with van der Waals surface area (Å²) in [6.45, 7) is 3.98. The number of carbonyl (C=O) groups excluding carboxylic acids is 1. The molecule has 0 bridgehead atoms. The fourth-order valence-electron chi connectivity index (χ4n) is 3.40. The van der Waals surface area contributed by atoms with Crippen molar-refractivity contribution in [1.82, 2.24) is 24.6 Å². The van der Waals surface area contributed by atoms with E-state index < -0.39 is 34.6 Å². The highest BCUT2D eigenvalue weighted by Gasteiger charge is 2.50. The van der Waals surface area contributed by atoms with E-state index in [1.807, 2.05) is 6.92 Å². The largest absolute Gasteiger partial charge is 0.368 e. The Labute approximate surface area is 185 Å². The van der Waals surface area contributed by atoms with Gasteiger partial charge >= 0.3 is 0 Å². The fourth-order valence-corrected chi connectivity index (χ4v) is 4.86. The van der Waals surface area contributed by atoms with E-state index in [1.54, 1.807) is 0 Å². The molecule has 1 fully saturated rings. The van der Waals surface area contributed by atoms with Crippen LogP contribution in [0.3, 0.4) is 0 Å². The molecular weight excluding hydrogens is 444 g/mol. The van der Waals surface area contributed by atoms with Crippen molar-refractivity contribution in [3.8, 4) is 0 Å². The molecule has 0 spiro atoms. The number of carbonyl (C=O) groups is 1. The number of fused-ring (bicyclic) bond motifs is 1. The molecular formula is C19H27F2N7O3S. The van der Waals surface area contributed by atoms with Crippen molar-refractivity contribution in [2.75, 3.05) is 30.7 Å². The molecule has 0 unspecified atom stereocenters. The van der Waals surface area contributed by atoms with Crippen molar-refractivity contribution in [1.29, 1.82) is 0 Å². The quantitative estimate of drug-likeness (QED) is 0.502. The Morgan fingerprint density at radius 1 is 1.34 bits per heavy atom. The second kappa shape index (κ2) is 8.70. The first-order chi connectivity index (χ1) is 14.8. The predicted molar refractivity (Wildman–Crippen MR) is 116 cm³/mol. The molecule has 176 valence electrons. The van der Waals surface area contributed by atoms with Gasteiger partial charge in [-0.25, -0.2) is 27.2 Å². The number of halogens is 2. The number of anilines is 2. The predicted octanol–water partition coefficient (Wildman–Crippen LogP) is 1.74. The highest BCUT2D eigenvalue weighted by Crippen LogP contribution is 2.33. The van der Waals surface area contributed by atoms with E-state index in [2.05, 4.69) is 32.5 Å². The van der Waals surface area contributed by atoms with Crippen LogP contribution >= 0.6 is 0 Å². The number of sulfonamides is 1. The number of amides is 1. The number of rotatable bonds is 9. The summed E-state index contributed by atoms with van der Waals surface area (Å²) in [4.78, 5) is 23.7. The highest BCUT2D eigenvalue weighted by molar-refractivity contribution is 7.89. The summed E-state index contributed by atoms with van der Waals surface area (Å²) in [5.74, 6) is -3.02. The lowest BCUT2D eigenvalue weighted by molar-refractivity contribution is -0.119. The Bertz CT molecular complexity index is 1120. The lowest BCUT2D eigenvalue weighted by Gasteiger charge is -2.37. The number of alkyl halides is 2. The summed E-state index contributed by atoms with van der Waals surface area (Å²) >= 11 is 0. The third kappa shape index (κ3) is 5.21. The van der Waals surface area contributed by atoms with Crippen LogP contribution in [0, 0.1) is 0 Å². The molecule has 1 aliphatic heterocycles. The SMILES string of the molecule is CCCC[C@](C)(CNC(C)=O)Nc1nc(N)nc2cc(S(=O)(=O)N3CC(F)(F)C3)cnc12. The first-order valence-electron chi connectivity index (χ1n) is 10.2. The van der Waals surface area contributed by atoms with Crippen LogP contribution in [-0.2, 0) is 14.8 Å². The first kappa shape index (κ1) is 24.0. The minimum absolute atomic E-state index is 0.107. The number of nitrogens with two attached hydrogens (primary N) is 1. The number of hydrogen-bond acceptors (Lipinski definition) is 8. The van der Waals surface area contributed by atoms with Gasteiger partial charge in [0.2, 0.25) is 21.9 Å².